The van der Waals surface area contributed by atoms with Crippen molar-refractivity contribution in [2.24, 2.45) is 0 Å². The minimum absolute atomic E-state index is 0.0613. The lowest BCUT2D eigenvalue weighted by Gasteiger charge is -2.05. The number of aldehydes is 1. The molecule has 0 unspecified atom stereocenters. The van der Waals surface area contributed by atoms with Crippen molar-refractivity contribution in [1.29, 1.82) is 0 Å². The van der Waals surface area contributed by atoms with E-state index in [9.17, 15) is 4.79 Å². The van der Waals surface area contributed by atoms with Crippen LogP contribution in [0.4, 0.5) is 11.6 Å². The van der Waals surface area contributed by atoms with Crippen molar-refractivity contribution in [2.75, 3.05) is 5.32 Å². The molecular weight excluding hydrogens is 292 g/mol. The lowest BCUT2D eigenvalue weighted by atomic mass is 10.3. The van der Waals surface area contributed by atoms with E-state index in [2.05, 4.69) is 25.6 Å². The van der Waals surface area contributed by atoms with Crippen LogP contribution in [0, 0.1) is 0 Å². The maximum absolute atomic E-state index is 11.0. The molecule has 1 saturated carbocycles. The Morgan fingerprint density at radius 3 is 3.05 bits per heavy atom. The minimum Gasteiger partial charge on any atom is -0.323 e. The number of carbonyl (C=O) groups is 1. The maximum Gasteiger partial charge on any atom is 0.243 e. The van der Waals surface area contributed by atoms with Crippen molar-refractivity contribution in [3.8, 4) is 0 Å². The van der Waals surface area contributed by atoms with Gasteiger partial charge in [-0.15, -0.1) is 5.10 Å². The number of nitrogens with zero attached hydrogens (tertiary/aromatic N) is 4. The maximum atomic E-state index is 11.0. The van der Waals surface area contributed by atoms with Gasteiger partial charge in [-0.3, -0.25) is 9.89 Å². The standard InChI is InChI=1S/C13H11ClN6O/c14-13-16-12(10-4-3-8(6-21)20(10)19-13)15-11-5-9(17-18-11)7-1-2-7/h3-7H,1-2H2,(H2,15,16,17,18,19). The van der Waals surface area contributed by atoms with Gasteiger partial charge in [-0.05, 0) is 36.6 Å². The lowest BCUT2D eigenvalue weighted by Crippen LogP contribution is -2.03. The Labute approximate surface area is 124 Å². The zero-order chi connectivity index (χ0) is 14.4. The van der Waals surface area contributed by atoms with Crippen LogP contribution < -0.4 is 5.32 Å². The zero-order valence-corrected chi connectivity index (χ0v) is 11.6. The largest absolute Gasteiger partial charge is 0.323 e. The summed E-state index contributed by atoms with van der Waals surface area (Å²) in [6, 6.07) is 5.40. The van der Waals surface area contributed by atoms with Gasteiger partial charge in [0.15, 0.2) is 12.1 Å². The van der Waals surface area contributed by atoms with Crippen LogP contribution in [0.5, 0.6) is 0 Å². The summed E-state index contributed by atoms with van der Waals surface area (Å²) in [6.45, 7) is 0. The van der Waals surface area contributed by atoms with Crippen molar-refractivity contribution < 1.29 is 4.79 Å². The molecule has 4 rings (SSSR count). The Balaban J connectivity index is 1.74. The van der Waals surface area contributed by atoms with E-state index in [-0.39, 0.29) is 5.28 Å². The molecule has 2 N–H and O–H groups in total. The van der Waals surface area contributed by atoms with E-state index in [1.807, 2.05) is 6.07 Å². The fraction of sp³-hybridized carbons (Fsp3) is 0.231. The number of halogens is 1. The molecule has 106 valence electrons. The molecular formula is C13H11ClN6O. The number of hydrogen-bond acceptors (Lipinski definition) is 5. The first-order chi connectivity index (χ1) is 10.2. The Morgan fingerprint density at radius 1 is 1.43 bits per heavy atom. The predicted molar refractivity (Wildman–Crippen MR) is 77.2 cm³/mol. The molecule has 0 bridgehead atoms. The molecule has 3 aromatic rings. The summed E-state index contributed by atoms with van der Waals surface area (Å²) in [5.41, 5.74) is 2.14. The minimum atomic E-state index is 0.0613. The molecule has 1 fully saturated rings. The molecule has 0 aromatic carbocycles. The monoisotopic (exact) mass is 302 g/mol. The van der Waals surface area contributed by atoms with Gasteiger partial charge in [0.05, 0.1) is 5.69 Å². The number of aromatic nitrogens is 5. The van der Waals surface area contributed by atoms with Gasteiger partial charge in [0.25, 0.3) is 0 Å². The fourth-order valence-electron chi connectivity index (χ4n) is 2.29. The van der Waals surface area contributed by atoms with Crippen molar-refractivity contribution in [3.05, 3.63) is 34.9 Å². The molecule has 1 aliphatic rings. The summed E-state index contributed by atoms with van der Waals surface area (Å²) >= 11 is 5.92. The molecule has 0 radical (unpaired) electrons. The second-order valence-corrected chi connectivity index (χ2v) is 5.35. The Bertz CT molecular complexity index is 834. The first kappa shape index (κ1) is 12.3. The molecule has 3 aromatic heterocycles. The highest BCUT2D eigenvalue weighted by molar-refractivity contribution is 6.28. The highest BCUT2D eigenvalue weighted by atomic mass is 35.5. The van der Waals surface area contributed by atoms with Crippen LogP contribution >= 0.6 is 11.6 Å². The van der Waals surface area contributed by atoms with Gasteiger partial charge >= 0.3 is 0 Å². The number of aromatic amines is 1. The van der Waals surface area contributed by atoms with E-state index in [0.29, 0.717) is 22.9 Å². The van der Waals surface area contributed by atoms with Gasteiger partial charge in [-0.25, -0.2) is 4.52 Å². The SMILES string of the molecule is O=Cc1ccc2c(Nc3cc(C4CC4)n[nH]3)nc(Cl)nn12. The Kier molecular flexibility index (Phi) is 2.68. The highest BCUT2D eigenvalue weighted by Gasteiger charge is 2.26. The Morgan fingerprint density at radius 2 is 2.29 bits per heavy atom. The van der Waals surface area contributed by atoms with Gasteiger partial charge in [0.1, 0.15) is 17.0 Å². The van der Waals surface area contributed by atoms with Crippen LogP contribution in [-0.2, 0) is 0 Å². The predicted octanol–water partition coefficient (Wildman–Crippen LogP) is 2.54. The van der Waals surface area contributed by atoms with E-state index in [1.54, 1.807) is 12.1 Å². The van der Waals surface area contributed by atoms with Crippen LogP contribution in [0.2, 0.25) is 5.28 Å². The highest BCUT2D eigenvalue weighted by Crippen LogP contribution is 2.39. The molecule has 0 atom stereocenters. The van der Waals surface area contributed by atoms with Crippen LogP contribution in [0.15, 0.2) is 18.2 Å². The van der Waals surface area contributed by atoms with E-state index in [0.717, 1.165) is 17.8 Å². The molecule has 0 amide bonds. The zero-order valence-electron chi connectivity index (χ0n) is 10.9. The van der Waals surface area contributed by atoms with Crippen LogP contribution in [0.3, 0.4) is 0 Å². The molecule has 1 aliphatic carbocycles. The quantitative estimate of drug-likeness (QED) is 0.723. The summed E-state index contributed by atoms with van der Waals surface area (Å²) in [7, 11) is 0. The smallest absolute Gasteiger partial charge is 0.243 e. The van der Waals surface area contributed by atoms with Crippen LogP contribution in [0.1, 0.15) is 34.9 Å². The number of fused-ring (bicyclic) bond motifs is 1. The third kappa shape index (κ3) is 2.15. The van der Waals surface area contributed by atoms with Gasteiger partial charge < -0.3 is 5.32 Å². The molecule has 21 heavy (non-hydrogen) atoms. The average molecular weight is 303 g/mol. The summed E-state index contributed by atoms with van der Waals surface area (Å²) in [5.74, 6) is 1.83. The lowest BCUT2D eigenvalue weighted by molar-refractivity contribution is 0.111. The van der Waals surface area contributed by atoms with Gasteiger partial charge in [0, 0.05) is 12.0 Å². The molecule has 0 spiro atoms. The van der Waals surface area contributed by atoms with E-state index in [4.69, 9.17) is 11.6 Å². The van der Waals surface area contributed by atoms with Gasteiger partial charge in [0.2, 0.25) is 5.28 Å². The third-order valence-corrected chi connectivity index (χ3v) is 3.64. The molecule has 8 heteroatoms. The number of hydrogen-bond donors (Lipinski definition) is 2. The number of nitrogens with one attached hydrogen (secondary N) is 2. The molecule has 7 nitrogen and oxygen atoms in total. The van der Waals surface area contributed by atoms with E-state index < -0.39 is 0 Å². The van der Waals surface area contributed by atoms with Crippen molar-refractivity contribution in [3.63, 3.8) is 0 Å². The van der Waals surface area contributed by atoms with Crippen molar-refractivity contribution in [2.45, 2.75) is 18.8 Å². The first-order valence-corrected chi connectivity index (χ1v) is 6.95. The topological polar surface area (TPSA) is 88.0 Å². The summed E-state index contributed by atoms with van der Waals surface area (Å²) in [5, 5.41) is 14.4. The number of H-pyrrole nitrogens is 1. The molecule has 0 aliphatic heterocycles. The van der Waals surface area contributed by atoms with Crippen LogP contribution in [0.25, 0.3) is 5.52 Å². The fourth-order valence-corrected chi connectivity index (χ4v) is 2.45. The summed E-state index contributed by atoms with van der Waals surface area (Å²) in [6.07, 6.45) is 3.10. The second-order valence-electron chi connectivity index (χ2n) is 5.01. The molecule has 3 heterocycles. The second kappa shape index (κ2) is 4.56. The average Bonchev–Trinajstić information content (AvgIpc) is 3.07. The van der Waals surface area contributed by atoms with Crippen molar-refractivity contribution in [1.82, 2.24) is 24.8 Å². The number of rotatable bonds is 4. The normalized spacial score (nSPS) is 14.5. The van der Waals surface area contributed by atoms with E-state index in [1.165, 1.54) is 17.4 Å². The summed E-state index contributed by atoms with van der Waals surface area (Å²) in [4.78, 5) is 15.2. The van der Waals surface area contributed by atoms with Crippen LogP contribution in [-0.4, -0.2) is 31.1 Å². The van der Waals surface area contributed by atoms with E-state index >= 15 is 0 Å². The number of carbonyl (C=O) groups excluding carboxylic acids is 1. The third-order valence-electron chi connectivity index (χ3n) is 3.48. The Hall–Kier alpha value is -2.41. The molecule has 0 saturated heterocycles. The van der Waals surface area contributed by atoms with Crippen molar-refractivity contribution >= 4 is 35.0 Å². The van der Waals surface area contributed by atoms with Gasteiger partial charge in [-0.2, -0.15) is 10.1 Å². The summed E-state index contributed by atoms with van der Waals surface area (Å²) < 4.78 is 1.46. The first-order valence-electron chi connectivity index (χ1n) is 6.57. The number of anilines is 2. The van der Waals surface area contributed by atoms with Gasteiger partial charge in [-0.1, -0.05) is 0 Å².